The summed E-state index contributed by atoms with van der Waals surface area (Å²) < 4.78 is 4.97. The summed E-state index contributed by atoms with van der Waals surface area (Å²) in [4.78, 5) is 15.5. The fourth-order valence-electron chi connectivity index (χ4n) is 1.52. The summed E-state index contributed by atoms with van der Waals surface area (Å²) in [6, 6.07) is 0. The van der Waals surface area contributed by atoms with E-state index in [1.807, 2.05) is 0 Å². The number of hydrogen-bond donors (Lipinski definition) is 2. The average Bonchev–Trinajstić information content (AvgIpc) is 2.75. The smallest absolute Gasteiger partial charge is 0.226 e. The summed E-state index contributed by atoms with van der Waals surface area (Å²) in [5, 5.41) is 9.79. The molecule has 0 fully saturated rings. The summed E-state index contributed by atoms with van der Waals surface area (Å²) in [5.74, 6) is 1.31. The van der Waals surface area contributed by atoms with Gasteiger partial charge in [-0.15, -0.1) is 0 Å². The summed E-state index contributed by atoms with van der Waals surface area (Å²) in [6.45, 7) is 6.39. The van der Waals surface area contributed by atoms with Gasteiger partial charge in [-0.1, -0.05) is 12.1 Å². The minimum Gasteiger partial charge on any atom is -0.355 e. The summed E-state index contributed by atoms with van der Waals surface area (Å²) in [6.07, 6.45) is 2.99. The van der Waals surface area contributed by atoms with Crippen molar-refractivity contribution in [3.05, 3.63) is 11.7 Å². The zero-order valence-electron chi connectivity index (χ0n) is 11.2. The van der Waals surface area contributed by atoms with Gasteiger partial charge in [0.25, 0.3) is 0 Å². The molecule has 102 valence electrons. The number of nitrogens with one attached hydrogen (secondary N) is 2. The normalized spacial score (nSPS) is 10.6. The van der Waals surface area contributed by atoms with Crippen LogP contribution in [0.1, 0.15) is 37.9 Å². The number of rotatable bonds is 9. The Hall–Kier alpha value is -1.43. The SMILES string of the molecule is CCCNCCNC(=O)CCCc1nc(C)no1. The number of hydrogen-bond acceptors (Lipinski definition) is 5. The largest absolute Gasteiger partial charge is 0.355 e. The number of nitrogens with zero attached hydrogens (tertiary/aromatic N) is 2. The molecule has 0 bridgehead atoms. The van der Waals surface area contributed by atoms with Gasteiger partial charge < -0.3 is 15.2 Å². The van der Waals surface area contributed by atoms with Gasteiger partial charge in [-0.2, -0.15) is 4.98 Å². The van der Waals surface area contributed by atoms with Crippen LogP contribution in [0.3, 0.4) is 0 Å². The molecule has 0 spiro atoms. The highest BCUT2D eigenvalue weighted by molar-refractivity contribution is 5.75. The predicted molar refractivity (Wildman–Crippen MR) is 68.1 cm³/mol. The number of aromatic nitrogens is 2. The van der Waals surface area contributed by atoms with E-state index in [0.717, 1.165) is 25.9 Å². The van der Waals surface area contributed by atoms with Crippen molar-refractivity contribution in [2.75, 3.05) is 19.6 Å². The summed E-state index contributed by atoms with van der Waals surface area (Å²) >= 11 is 0. The van der Waals surface area contributed by atoms with E-state index < -0.39 is 0 Å². The molecule has 1 amide bonds. The van der Waals surface area contributed by atoms with Crippen LogP contribution in [0.4, 0.5) is 0 Å². The highest BCUT2D eigenvalue weighted by atomic mass is 16.5. The van der Waals surface area contributed by atoms with Gasteiger partial charge in [-0.25, -0.2) is 0 Å². The Morgan fingerprint density at radius 3 is 2.83 bits per heavy atom. The quantitative estimate of drug-likeness (QED) is 0.638. The Bertz CT molecular complexity index is 352. The third-order valence-electron chi connectivity index (χ3n) is 2.41. The molecule has 0 aromatic carbocycles. The molecule has 0 aliphatic heterocycles. The molecule has 0 aliphatic carbocycles. The van der Waals surface area contributed by atoms with Crippen LogP contribution in [0.15, 0.2) is 4.52 Å². The van der Waals surface area contributed by atoms with Crippen LogP contribution in [-0.4, -0.2) is 35.7 Å². The molecule has 0 saturated carbocycles. The molecule has 1 rings (SSSR count). The first-order valence-corrected chi connectivity index (χ1v) is 6.49. The molecule has 0 aliphatic rings. The topological polar surface area (TPSA) is 80.0 Å². The summed E-state index contributed by atoms with van der Waals surface area (Å²) in [5.41, 5.74) is 0. The number of amides is 1. The number of aryl methyl sites for hydroxylation is 2. The van der Waals surface area contributed by atoms with E-state index in [1.54, 1.807) is 6.92 Å². The molecule has 1 aromatic rings. The van der Waals surface area contributed by atoms with Crippen molar-refractivity contribution < 1.29 is 9.32 Å². The molecule has 6 heteroatoms. The first-order chi connectivity index (χ1) is 8.72. The lowest BCUT2D eigenvalue weighted by Crippen LogP contribution is -2.31. The van der Waals surface area contributed by atoms with Gasteiger partial charge in [0.05, 0.1) is 0 Å². The van der Waals surface area contributed by atoms with Crippen LogP contribution >= 0.6 is 0 Å². The maximum absolute atomic E-state index is 11.5. The molecular formula is C12H22N4O2. The molecule has 18 heavy (non-hydrogen) atoms. The van der Waals surface area contributed by atoms with E-state index >= 15 is 0 Å². The lowest BCUT2D eigenvalue weighted by molar-refractivity contribution is -0.121. The van der Waals surface area contributed by atoms with Gasteiger partial charge in [-0.05, 0) is 26.3 Å². The molecule has 0 unspecified atom stereocenters. The van der Waals surface area contributed by atoms with Crippen molar-refractivity contribution >= 4 is 5.91 Å². The van der Waals surface area contributed by atoms with Crippen LogP contribution in [0, 0.1) is 6.92 Å². The van der Waals surface area contributed by atoms with Crippen molar-refractivity contribution in [3.63, 3.8) is 0 Å². The van der Waals surface area contributed by atoms with Crippen molar-refractivity contribution in [1.29, 1.82) is 0 Å². The molecule has 2 N–H and O–H groups in total. The van der Waals surface area contributed by atoms with Crippen LogP contribution in [-0.2, 0) is 11.2 Å². The van der Waals surface area contributed by atoms with Gasteiger partial charge in [0.15, 0.2) is 5.82 Å². The fraction of sp³-hybridized carbons (Fsp3) is 0.750. The lowest BCUT2D eigenvalue weighted by Gasteiger charge is -2.05. The first kappa shape index (κ1) is 14.6. The Morgan fingerprint density at radius 1 is 1.33 bits per heavy atom. The highest BCUT2D eigenvalue weighted by Crippen LogP contribution is 2.02. The van der Waals surface area contributed by atoms with E-state index in [-0.39, 0.29) is 5.91 Å². The highest BCUT2D eigenvalue weighted by Gasteiger charge is 2.05. The third kappa shape index (κ3) is 6.34. The van der Waals surface area contributed by atoms with Crippen LogP contribution in [0.2, 0.25) is 0 Å². The van der Waals surface area contributed by atoms with Crippen LogP contribution in [0.5, 0.6) is 0 Å². The molecule has 0 saturated heterocycles. The van der Waals surface area contributed by atoms with E-state index in [2.05, 4.69) is 27.7 Å². The molecule has 1 heterocycles. The van der Waals surface area contributed by atoms with Gasteiger partial charge in [0.1, 0.15) is 0 Å². The van der Waals surface area contributed by atoms with Crippen molar-refractivity contribution in [3.8, 4) is 0 Å². The maximum Gasteiger partial charge on any atom is 0.226 e. The van der Waals surface area contributed by atoms with E-state index in [1.165, 1.54) is 0 Å². The fourth-order valence-corrected chi connectivity index (χ4v) is 1.52. The number of carbonyl (C=O) groups excluding carboxylic acids is 1. The Morgan fingerprint density at radius 2 is 2.17 bits per heavy atom. The van der Waals surface area contributed by atoms with E-state index in [0.29, 0.717) is 31.1 Å². The minimum atomic E-state index is 0.0736. The zero-order chi connectivity index (χ0) is 13.2. The minimum absolute atomic E-state index is 0.0736. The van der Waals surface area contributed by atoms with Crippen molar-refractivity contribution in [2.24, 2.45) is 0 Å². The third-order valence-corrected chi connectivity index (χ3v) is 2.41. The number of carbonyl (C=O) groups is 1. The predicted octanol–water partition coefficient (Wildman–Crippen LogP) is 0.817. The molecule has 0 atom stereocenters. The lowest BCUT2D eigenvalue weighted by atomic mass is 10.2. The van der Waals surface area contributed by atoms with Crippen molar-refractivity contribution in [1.82, 2.24) is 20.8 Å². The van der Waals surface area contributed by atoms with Gasteiger partial charge in [0, 0.05) is 25.9 Å². The first-order valence-electron chi connectivity index (χ1n) is 6.49. The molecular weight excluding hydrogens is 232 g/mol. The van der Waals surface area contributed by atoms with Crippen molar-refractivity contribution in [2.45, 2.75) is 39.5 Å². The second-order valence-electron chi connectivity index (χ2n) is 4.19. The average molecular weight is 254 g/mol. The second kappa shape index (κ2) is 8.63. The van der Waals surface area contributed by atoms with Crippen LogP contribution in [0.25, 0.3) is 0 Å². The van der Waals surface area contributed by atoms with E-state index in [9.17, 15) is 4.79 Å². The zero-order valence-corrected chi connectivity index (χ0v) is 11.2. The standard InChI is InChI=1S/C12H22N4O2/c1-3-7-13-8-9-14-11(17)5-4-6-12-15-10(2)16-18-12/h13H,3-9H2,1-2H3,(H,14,17). The molecule has 1 aromatic heterocycles. The second-order valence-corrected chi connectivity index (χ2v) is 4.19. The molecule has 0 radical (unpaired) electrons. The Kier molecular flexibility index (Phi) is 7.01. The maximum atomic E-state index is 11.5. The van der Waals surface area contributed by atoms with Gasteiger partial charge >= 0.3 is 0 Å². The Balaban J connectivity index is 2.00. The van der Waals surface area contributed by atoms with Gasteiger partial charge in [-0.3, -0.25) is 4.79 Å². The Labute approximate surface area is 108 Å². The summed E-state index contributed by atoms with van der Waals surface area (Å²) in [7, 11) is 0. The molecule has 6 nitrogen and oxygen atoms in total. The van der Waals surface area contributed by atoms with Gasteiger partial charge in [0.2, 0.25) is 11.8 Å². The van der Waals surface area contributed by atoms with Crippen LogP contribution < -0.4 is 10.6 Å². The monoisotopic (exact) mass is 254 g/mol. The van der Waals surface area contributed by atoms with E-state index in [4.69, 9.17) is 4.52 Å².